The quantitative estimate of drug-likeness (QED) is 0.285. The number of carboxylic acids is 1. The normalized spacial score (nSPS) is 12.1. The first-order chi connectivity index (χ1) is 17.5. The molecule has 0 aliphatic carbocycles. The van der Waals surface area contributed by atoms with E-state index in [9.17, 15) is 26.4 Å². The third-order valence-corrected chi connectivity index (χ3v) is 7.91. The molecule has 2 aromatic carbocycles. The van der Waals surface area contributed by atoms with Crippen molar-refractivity contribution in [3.05, 3.63) is 58.7 Å². The Kier molecular flexibility index (Phi) is 12.1. The Morgan fingerprint density at radius 2 is 1.61 bits per heavy atom. The molecule has 12 heteroatoms. The van der Waals surface area contributed by atoms with Crippen LogP contribution in [0, 0.1) is 0 Å². The smallest absolute Gasteiger partial charge is 0.335 e. The van der Waals surface area contributed by atoms with Crippen molar-refractivity contribution in [3.63, 3.8) is 0 Å². The summed E-state index contributed by atoms with van der Waals surface area (Å²) >= 11 is 0. The van der Waals surface area contributed by atoms with Gasteiger partial charge in [-0.15, -0.1) is 0 Å². The molecule has 2 rings (SSSR count). The zero-order valence-corrected chi connectivity index (χ0v) is 24.0. The van der Waals surface area contributed by atoms with Crippen molar-refractivity contribution < 1.29 is 31.5 Å². The average Bonchev–Trinajstić information content (AvgIpc) is 2.81. The summed E-state index contributed by atoms with van der Waals surface area (Å²) in [5.41, 5.74) is 12.4. The molecule has 5 N–H and O–H groups in total. The van der Waals surface area contributed by atoms with Crippen LogP contribution in [-0.2, 0) is 26.1 Å². The zero-order chi connectivity index (χ0) is 29.3. The van der Waals surface area contributed by atoms with Crippen LogP contribution in [0.15, 0.2) is 51.2 Å². The number of aliphatic imine (C=N–C) groups is 1. The molecule has 0 heterocycles. The maximum absolute atomic E-state index is 12.3. The first kappa shape index (κ1) is 32.8. The highest BCUT2D eigenvalue weighted by atomic mass is 32.2. The van der Waals surface area contributed by atoms with Crippen LogP contribution in [0.4, 0.5) is 0 Å². The number of aryl methyl sites for hydroxylation is 1. The fourth-order valence-electron chi connectivity index (χ4n) is 3.73. The maximum atomic E-state index is 12.3. The van der Waals surface area contributed by atoms with E-state index in [4.69, 9.17) is 16.6 Å². The minimum Gasteiger partial charge on any atom is -0.478 e. The lowest BCUT2D eigenvalue weighted by Gasteiger charge is -2.19. The number of carboxylic acid groups (broad SMARTS) is 1. The number of carbonyl (C=O) groups excluding carboxylic acids is 1. The van der Waals surface area contributed by atoms with E-state index in [0.717, 1.165) is 55.4 Å². The van der Waals surface area contributed by atoms with Gasteiger partial charge < -0.3 is 16.6 Å². The average molecular weight is 568 g/mol. The van der Waals surface area contributed by atoms with E-state index in [1.54, 1.807) is 0 Å². The van der Waals surface area contributed by atoms with Gasteiger partial charge in [-0.2, -0.15) is 4.99 Å². The van der Waals surface area contributed by atoms with Crippen molar-refractivity contribution in [3.8, 4) is 0 Å². The van der Waals surface area contributed by atoms with Crippen molar-refractivity contribution in [1.29, 1.82) is 0 Å². The van der Waals surface area contributed by atoms with Gasteiger partial charge in [0.15, 0.2) is 25.6 Å². The second kappa shape index (κ2) is 14.1. The van der Waals surface area contributed by atoms with Crippen molar-refractivity contribution >= 4 is 37.5 Å². The van der Waals surface area contributed by atoms with Gasteiger partial charge in [-0.05, 0) is 54.2 Å². The van der Waals surface area contributed by atoms with Gasteiger partial charge in [0.25, 0.3) is 5.91 Å². The van der Waals surface area contributed by atoms with Gasteiger partial charge >= 0.3 is 5.97 Å². The lowest BCUT2D eigenvalue weighted by molar-refractivity contribution is 0.0696. The molecule has 0 bridgehead atoms. The number of hydrogen-bond acceptors (Lipinski definition) is 6. The molecule has 0 aliphatic rings. The Bertz CT molecular complexity index is 1400. The number of hydrogen-bond donors (Lipinski definition) is 3. The third kappa shape index (κ3) is 9.90. The van der Waals surface area contributed by atoms with E-state index >= 15 is 0 Å². The monoisotopic (exact) mass is 567 g/mol. The summed E-state index contributed by atoms with van der Waals surface area (Å²) in [6.07, 6.45) is 6.62. The molecule has 0 aromatic heterocycles. The van der Waals surface area contributed by atoms with Gasteiger partial charge in [0.1, 0.15) is 0 Å². The number of carbonyl (C=O) groups is 2. The molecular formula is C26H37N3O7S2. The standard InChI is InChI=1S/C18H29N3O3S.C8H8O4S/c1-5-7-9-12(3)14-10-13(8-6-2)15(17(22)21-18(19)20)11-16(14)25(4,23)24;1-13(11,12)7-4-2-3-6(5-7)8(9)10/h10-12H,5-9H2,1-4H3,(H4,19,20,21,22);2-5H,1H3,(H,9,10). The first-order valence-corrected chi connectivity index (χ1v) is 15.8. The molecule has 38 heavy (non-hydrogen) atoms. The second-order valence-electron chi connectivity index (χ2n) is 9.06. The minimum absolute atomic E-state index is 0.0207. The number of rotatable bonds is 10. The third-order valence-electron chi connectivity index (χ3n) is 5.65. The van der Waals surface area contributed by atoms with E-state index in [-0.39, 0.29) is 32.8 Å². The highest BCUT2D eigenvalue weighted by Crippen LogP contribution is 2.31. The van der Waals surface area contributed by atoms with Crippen LogP contribution in [0.2, 0.25) is 0 Å². The molecule has 0 saturated heterocycles. The Morgan fingerprint density at radius 1 is 0.974 bits per heavy atom. The predicted molar refractivity (Wildman–Crippen MR) is 148 cm³/mol. The first-order valence-electron chi connectivity index (χ1n) is 12.1. The summed E-state index contributed by atoms with van der Waals surface area (Å²) in [4.78, 5) is 26.6. The SMILES string of the molecule is CCCCC(C)c1cc(CCC)c(C(=O)N=C(N)N)cc1S(C)(=O)=O.CS(=O)(=O)c1cccc(C(=O)O)c1. The minimum atomic E-state index is -3.48. The van der Waals surface area contributed by atoms with Gasteiger partial charge in [-0.3, -0.25) is 4.79 Å². The Morgan fingerprint density at radius 3 is 2.08 bits per heavy atom. The number of sulfone groups is 2. The highest BCUT2D eigenvalue weighted by molar-refractivity contribution is 7.91. The number of benzene rings is 2. The van der Waals surface area contributed by atoms with E-state index in [1.807, 2.05) is 19.9 Å². The molecule has 210 valence electrons. The summed E-state index contributed by atoms with van der Waals surface area (Å²) < 4.78 is 46.6. The number of guanidine groups is 1. The maximum Gasteiger partial charge on any atom is 0.335 e. The molecule has 1 amide bonds. The second-order valence-corrected chi connectivity index (χ2v) is 13.1. The largest absolute Gasteiger partial charge is 0.478 e. The van der Waals surface area contributed by atoms with Crippen molar-refractivity contribution in [2.75, 3.05) is 12.5 Å². The summed E-state index contributed by atoms with van der Waals surface area (Å²) in [5.74, 6) is -1.99. The molecule has 1 atom stereocenters. The molecular weight excluding hydrogens is 530 g/mol. The fraction of sp³-hybridized carbons (Fsp3) is 0.423. The topological polar surface area (TPSA) is 187 Å². The zero-order valence-electron chi connectivity index (χ0n) is 22.4. The number of nitrogens with two attached hydrogens (primary N) is 2. The molecule has 1 unspecified atom stereocenters. The summed E-state index contributed by atoms with van der Waals surface area (Å²) in [6.45, 7) is 6.12. The van der Waals surface area contributed by atoms with Crippen molar-refractivity contribution in [1.82, 2.24) is 0 Å². The van der Waals surface area contributed by atoms with Crippen LogP contribution >= 0.6 is 0 Å². The van der Waals surface area contributed by atoms with E-state index < -0.39 is 31.6 Å². The number of nitrogens with zero attached hydrogens (tertiary/aromatic N) is 1. The molecule has 0 saturated carbocycles. The fourth-order valence-corrected chi connectivity index (χ4v) is 5.42. The van der Waals surface area contributed by atoms with E-state index in [1.165, 1.54) is 24.3 Å². The lowest BCUT2D eigenvalue weighted by atomic mass is 9.91. The van der Waals surface area contributed by atoms with Crippen LogP contribution in [-0.4, -0.2) is 52.3 Å². The van der Waals surface area contributed by atoms with Gasteiger partial charge in [0.05, 0.1) is 15.4 Å². The highest BCUT2D eigenvalue weighted by Gasteiger charge is 2.23. The van der Waals surface area contributed by atoms with Crippen LogP contribution < -0.4 is 11.5 Å². The summed E-state index contributed by atoms with van der Waals surface area (Å²) in [5, 5.41) is 8.58. The molecule has 0 fully saturated rings. The van der Waals surface area contributed by atoms with Gasteiger partial charge in [-0.25, -0.2) is 21.6 Å². The summed E-state index contributed by atoms with van der Waals surface area (Å²) in [7, 11) is -6.81. The Hall–Kier alpha value is -3.25. The van der Waals surface area contributed by atoms with Gasteiger partial charge in [0.2, 0.25) is 0 Å². The lowest BCUT2D eigenvalue weighted by Crippen LogP contribution is -2.24. The van der Waals surface area contributed by atoms with E-state index in [2.05, 4.69) is 11.9 Å². The number of amides is 1. The molecule has 0 spiro atoms. The number of unbranched alkanes of at least 4 members (excludes halogenated alkanes) is 1. The van der Waals surface area contributed by atoms with Crippen LogP contribution in [0.3, 0.4) is 0 Å². The molecule has 10 nitrogen and oxygen atoms in total. The van der Waals surface area contributed by atoms with Crippen LogP contribution in [0.5, 0.6) is 0 Å². The van der Waals surface area contributed by atoms with E-state index in [0.29, 0.717) is 6.42 Å². The van der Waals surface area contributed by atoms with Gasteiger partial charge in [-0.1, -0.05) is 52.2 Å². The Labute approximate surface area is 225 Å². The molecule has 0 radical (unpaired) electrons. The van der Waals surface area contributed by atoms with Crippen molar-refractivity contribution in [2.24, 2.45) is 16.5 Å². The Balaban J connectivity index is 0.000000464. The molecule has 0 aliphatic heterocycles. The van der Waals surface area contributed by atoms with Crippen molar-refractivity contribution in [2.45, 2.75) is 68.6 Å². The predicted octanol–water partition coefficient (Wildman–Crippen LogP) is 3.54. The molecule has 2 aromatic rings. The number of aromatic carboxylic acids is 1. The van der Waals surface area contributed by atoms with Gasteiger partial charge in [0, 0.05) is 18.1 Å². The van der Waals surface area contributed by atoms with Crippen LogP contribution in [0.1, 0.15) is 84.2 Å². The van der Waals surface area contributed by atoms with Crippen LogP contribution in [0.25, 0.3) is 0 Å². The summed E-state index contributed by atoms with van der Waals surface area (Å²) in [6, 6.07) is 8.53.